The van der Waals surface area contributed by atoms with E-state index in [1.165, 1.54) is 0 Å². The van der Waals surface area contributed by atoms with Crippen LogP contribution in [-0.4, -0.2) is 9.52 Å². The SMILES string of the molecule is O=C(c1cc2ccccc2o1)C(Br)Br. The average Bonchev–Trinajstić information content (AvgIpc) is 2.59. The topological polar surface area (TPSA) is 30.2 Å². The molecule has 2 aromatic rings. The van der Waals surface area contributed by atoms with Crippen LogP contribution in [0.3, 0.4) is 0 Å². The summed E-state index contributed by atoms with van der Waals surface area (Å²) in [5, 5.41) is 0.941. The minimum Gasteiger partial charge on any atom is -0.453 e. The third-order valence-electron chi connectivity index (χ3n) is 1.87. The van der Waals surface area contributed by atoms with Crippen LogP contribution in [0.4, 0.5) is 0 Å². The highest BCUT2D eigenvalue weighted by Crippen LogP contribution is 2.23. The Bertz CT molecular complexity index is 441. The molecule has 4 heteroatoms. The summed E-state index contributed by atoms with van der Waals surface area (Å²) < 4.78 is 4.99. The zero-order chi connectivity index (χ0) is 10.1. The number of benzene rings is 1. The Hall–Kier alpha value is -0.610. The fourth-order valence-electron chi connectivity index (χ4n) is 1.21. The highest BCUT2D eigenvalue weighted by atomic mass is 79.9. The van der Waals surface area contributed by atoms with E-state index < -0.39 is 3.74 Å². The van der Waals surface area contributed by atoms with Gasteiger partial charge in [-0.3, -0.25) is 4.79 Å². The summed E-state index contributed by atoms with van der Waals surface area (Å²) in [6.45, 7) is 0. The smallest absolute Gasteiger partial charge is 0.222 e. The molecule has 1 heterocycles. The van der Waals surface area contributed by atoms with Gasteiger partial charge in [-0.15, -0.1) is 0 Å². The molecule has 0 unspecified atom stereocenters. The Kier molecular flexibility index (Phi) is 2.74. The number of alkyl halides is 2. The summed E-state index contributed by atoms with van der Waals surface area (Å²) in [6, 6.07) is 9.27. The van der Waals surface area contributed by atoms with Gasteiger partial charge in [0.05, 0.1) is 0 Å². The van der Waals surface area contributed by atoms with Crippen LogP contribution in [-0.2, 0) is 0 Å². The number of fused-ring (bicyclic) bond motifs is 1. The zero-order valence-corrected chi connectivity index (χ0v) is 10.2. The Labute approximate surface area is 97.5 Å². The first-order valence-corrected chi connectivity index (χ1v) is 5.82. The van der Waals surface area contributed by atoms with Crippen molar-refractivity contribution in [3.63, 3.8) is 0 Å². The van der Waals surface area contributed by atoms with Crippen molar-refractivity contribution in [2.75, 3.05) is 0 Å². The lowest BCUT2D eigenvalue weighted by atomic mass is 10.2. The molecule has 0 radical (unpaired) electrons. The molecule has 0 amide bonds. The number of furan rings is 1. The summed E-state index contributed by atoms with van der Waals surface area (Å²) >= 11 is 6.28. The third-order valence-corrected chi connectivity index (χ3v) is 2.70. The van der Waals surface area contributed by atoms with Crippen molar-refractivity contribution < 1.29 is 9.21 Å². The van der Waals surface area contributed by atoms with E-state index in [4.69, 9.17) is 4.42 Å². The number of halogens is 2. The fraction of sp³-hybridized carbons (Fsp3) is 0.100. The zero-order valence-electron chi connectivity index (χ0n) is 7.04. The maximum absolute atomic E-state index is 11.5. The van der Waals surface area contributed by atoms with Crippen LogP contribution in [0.15, 0.2) is 34.7 Å². The van der Waals surface area contributed by atoms with Crippen molar-refractivity contribution in [3.8, 4) is 0 Å². The quantitative estimate of drug-likeness (QED) is 0.624. The first-order chi connectivity index (χ1) is 6.68. The average molecular weight is 318 g/mol. The number of hydrogen-bond acceptors (Lipinski definition) is 2. The second kappa shape index (κ2) is 3.87. The maximum Gasteiger partial charge on any atom is 0.222 e. The predicted molar refractivity (Wildman–Crippen MR) is 62.2 cm³/mol. The molecule has 2 nitrogen and oxygen atoms in total. The monoisotopic (exact) mass is 316 g/mol. The summed E-state index contributed by atoms with van der Waals surface area (Å²) in [6.07, 6.45) is 0. The third kappa shape index (κ3) is 1.77. The Balaban J connectivity index is 2.50. The molecule has 0 fully saturated rings. The molecule has 14 heavy (non-hydrogen) atoms. The molecule has 2 rings (SSSR count). The lowest BCUT2D eigenvalue weighted by Crippen LogP contribution is -2.04. The number of carbonyl (C=O) groups excluding carboxylic acids is 1. The van der Waals surface area contributed by atoms with Crippen molar-refractivity contribution in [2.24, 2.45) is 0 Å². The lowest BCUT2D eigenvalue weighted by Gasteiger charge is -1.94. The van der Waals surface area contributed by atoms with E-state index in [9.17, 15) is 4.79 Å². The van der Waals surface area contributed by atoms with Crippen molar-refractivity contribution in [3.05, 3.63) is 36.1 Å². The van der Waals surface area contributed by atoms with Crippen LogP contribution in [0.1, 0.15) is 10.6 Å². The second-order valence-corrected chi connectivity index (χ2v) is 5.87. The van der Waals surface area contributed by atoms with Gasteiger partial charge >= 0.3 is 0 Å². The highest BCUT2D eigenvalue weighted by molar-refractivity contribution is 9.25. The maximum atomic E-state index is 11.5. The fourth-order valence-corrected chi connectivity index (χ4v) is 1.66. The van der Waals surface area contributed by atoms with Crippen LogP contribution in [0.2, 0.25) is 0 Å². The molecule has 0 aliphatic carbocycles. The van der Waals surface area contributed by atoms with E-state index in [1.54, 1.807) is 6.07 Å². The van der Waals surface area contributed by atoms with Crippen molar-refractivity contribution >= 4 is 48.6 Å². The van der Waals surface area contributed by atoms with E-state index in [-0.39, 0.29) is 5.78 Å². The normalized spacial score (nSPS) is 11.1. The van der Waals surface area contributed by atoms with Gasteiger partial charge in [-0.2, -0.15) is 0 Å². The summed E-state index contributed by atoms with van der Waals surface area (Å²) in [5.74, 6) is 0.256. The predicted octanol–water partition coefficient (Wildman–Crippen LogP) is 3.73. The van der Waals surface area contributed by atoms with Gasteiger partial charge < -0.3 is 4.42 Å². The van der Waals surface area contributed by atoms with Gasteiger partial charge in [0.2, 0.25) is 5.78 Å². The molecule has 0 N–H and O–H groups in total. The van der Waals surface area contributed by atoms with Crippen LogP contribution >= 0.6 is 31.9 Å². The van der Waals surface area contributed by atoms with Crippen molar-refractivity contribution in [1.82, 2.24) is 0 Å². The van der Waals surface area contributed by atoms with Gasteiger partial charge in [-0.1, -0.05) is 50.1 Å². The van der Waals surface area contributed by atoms with Gasteiger partial charge in [0, 0.05) is 5.39 Å². The molecular formula is C10H6Br2O2. The number of carbonyl (C=O) groups is 1. The van der Waals surface area contributed by atoms with Gasteiger partial charge in [0.1, 0.15) is 9.32 Å². The van der Waals surface area contributed by atoms with Crippen molar-refractivity contribution in [1.29, 1.82) is 0 Å². The summed E-state index contributed by atoms with van der Waals surface area (Å²) in [4.78, 5) is 11.5. The Morgan fingerprint density at radius 3 is 2.64 bits per heavy atom. The molecule has 0 bridgehead atoms. The number of rotatable bonds is 2. The molecule has 0 aliphatic rings. The molecule has 0 saturated heterocycles. The Morgan fingerprint density at radius 2 is 2.00 bits per heavy atom. The molecular weight excluding hydrogens is 312 g/mol. The van der Waals surface area contributed by atoms with E-state index in [0.29, 0.717) is 5.76 Å². The second-order valence-electron chi connectivity index (χ2n) is 2.81. The first kappa shape index (κ1) is 9.93. The van der Waals surface area contributed by atoms with Gasteiger partial charge in [-0.05, 0) is 12.1 Å². The van der Waals surface area contributed by atoms with Crippen LogP contribution < -0.4 is 0 Å². The molecule has 0 atom stereocenters. The standard InChI is InChI=1S/C10H6Br2O2/c11-10(12)9(13)8-5-6-3-1-2-4-7(6)14-8/h1-5,10H. The summed E-state index contributed by atoms with van der Waals surface area (Å²) in [7, 11) is 0. The van der Waals surface area contributed by atoms with E-state index in [0.717, 1.165) is 11.0 Å². The van der Waals surface area contributed by atoms with E-state index in [2.05, 4.69) is 31.9 Å². The lowest BCUT2D eigenvalue weighted by molar-refractivity contribution is 0.0989. The van der Waals surface area contributed by atoms with E-state index >= 15 is 0 Å². The molecule has 72 valence electrons. The van der Waals surface area contributed by atoms with Crippen LogP contribution in [0.5, 0.6) is 0 Å². The molecule has 0 saturated carbocycles. The van der Waals surface area contributed by atoms with Crippen LogP contribution in [0, 0.1) is 0 Å². The molecule has 0 aliphatic heterocycles. The number of ketones is 1. The summed E-state index contributed by atoms with van der Waals surface area (Å²) in [5.41, 5.74) is 0.733. The van der Waals surface area contributed by atoms with Gasteiger partial charge in [0.25, 0.3) is 0 Å². The minimum atomic E-state index is -0.393. The van der Waals surface area contributed by atoms with Crippen molar-refractivity contribution in [2.45, 2.75) is 3.74 Å². The van der Waals surface area contributed by atoms with Gasteiger partial charge in [0.15, 0.2) is 5.76 Å². The highest BCUT2D eigenvalue weighted by Gasteiger charge is 2.17. The molecule has 0 spiro atoms. The first-order valence-electron chi connectivity index (χ1n) is 3.99. The number of hydrogen-bond donors (Lipinski definition) is 0. The largest absolute Gasteiger partial charge is 0.453 e. The molecule has 1 aromatic carbocycles. The number of para-hydroxylation sites is 1. The van der Waals surface area contributed by atoms with Crippen LogP contribution in [0.25, 0.3) is 11.0 Å². The number of Topliss-reactive ketones (excluding diaryl/α,β-unsaturated/α-hetero) is 1. The minimum absolute atomic E-state index is 0.110. The molecule has 1 aromatic heterocycles. The van der Waals surface area contributed by atoms with Gasteiger partial charge in [-0.25, -0.2) is 0 Å². The Morgan fingerprint density at radius 1 is 1.29 bits per heavy atom. The van der Waals surface area contributed by atoms with E-state index in [1.807, 2.05) is 24.3 Å².